The van der Waals surface area contributed by atoms with Crippen molar-refractivity contribution >= 4 is 17.5 Å². The fourth-order valence-electron chi connectivity index (χ4n) is 2.48. The zero-order valence-electron chi connectivity index (χ0n) is 14.7. The van der Waals surface area contributed by atoms with Crippen LogP contribution < -0.4 is 10.1 Å². The van der Waals surface area contributed by atoms with Gasteiger partial charge in [0.05, 0.1) is 5.02 Å². The van der Waals surface area contributed by atoms with Crippen LogP contribution in [0.5, 0.6) is 5.75 Å². The van der Waals surface area contributed by atoms with Crippen molar-refractivity contribution in [3.8, 4) is 5.75 Å². The summed E-state index contributed by atoms with van der Waals surface area (Å²) in [7, 11) is 0. The van der Waals surface area contributed by atoms with Gasteiger partial charge >= 0.3 is 0 Å². The Morgan fingerprint density at radius 3 is 2.73 bits per heavy atom. The number of hydrogen-bond acceptors (Lipinski definition) is 5. The molecule has 0 atom stereocenters. The fraction of sp³-hybridized carbons (Fsp3) is 0.316. The standard InChI is InChI=1S/C19H22ClN5O/c1-2-3-11-25-19(22-23-24-25)21-13-16-9-10-18(17(20)12-16)26-14-15-7-5-4-6-8-15/h4-10,12H,2-3,11,13-14H2,1H3,(H,21,22,24). The Balaban J connectivity index is 1.57. The lowest BCUT2D eigenvalue weighted by Gasteiger charge is -2.11. The molecule has 6 nitrogen and oxygen atoms in total. The van der Waals surface area contributed by atoms with Gasteiger partial charge in [0.1, 0.15) is 12.4 Å². The molecule has 2 aromatic carbocycles. The van der Waals surface area contributed by atoms with Crippen molar-refractivity contribution in [1.29, 1.82) is 0 Å². The van der Waals surface area contributed by atoms with E-state index in [1.165, 1.54) is 0 Å². The molecule has 0 unspecified atom stereocenters. The number of anilines is 1. The molecule has 3 rings (SSSR count). The van der Waals surface area contributed by atoms with Crippen molar-refractivity contribution in [3.05, 3.63) is 64.7 Å². The number of halogens is 1. The highest BCUT2D eigenvalue weighted by molar-refractivity contribution is 6.32. The summed E-state index contributed by atoms with van der Waals surface area (Å²) >= 11 is 6.36. The van der Waals surface area contributed by atoms with Crippen molar-refractivity contribution in [2.24, 2.45) is 0 Å². The monoisotopic (exact) mass is 371 g/mol. The van der Waals surface area contributed by atoms with E-state index in [0.717, 1.165) is 30.5 Å². The van der Waals surface area contributed by atoms with Crippen LogP contribution >= 0.6 is 11.6 Å². The van der Waals surface area contributed by atoms with E-state index in [0.29, 0.717) is 29.9 Å². The van der Waals surface area contributed by atoms with Gasteiger partial charge in [-0.2, -0.15) is 0 Å². The van der Waals surface area contributed by atoms with Crippen LogP contribution in [-0.2, 0) is 19.7 Å². The predicted octanol–water partition coefficient (Wildman–Crippen LogP) is 4.32. The summed E-state index contributed by atoms with van der Waals surface area (Å²) in [5.74, 6) is 1.34. The molecule has 0 radical (unpaired) electrons. The summed E-state index contributed by atoms with van der Waals surface area (Å²) in [5.41, 5.74) is 2.14. The lowest BCUT2D eigenvalue weighted by molar-refractivity contribution is 0.306. The topological polar surface area (TPSA) is 64.9 Å². The first-order chi connectivity index (χ1) is 12.8. The average molecular weight is 372 g/mol. The Kier molecular flexibility index (Phi) is 6.44. The lowest BCUT2D eigenvalue weighted by atomic mass is 10.2. The Bertz CT molecular complexity index is 822. The van der Waals surface area contributed by atoms with Gasteiger partial charge in [-0.15, -0.1) is 0 Å². The number of nitrogens with one attached hydrogen (secondary N) is 1. The molecule has 0 aliphatic heterocycles. The van der Waals surface area contributed by atoms with Gasteiger partial charge < -0.3 is 10.1 Å². The minimum absolute atomic E-state index is 0.490. The number of nitrogens with zero attached hydrogens (tertiary/aromatic N) is 4. The summed E-state index contributed by atoms with van der Waals surface area (Å²) in [6.07, 6.45) is 2.14. The number of tetrazole rings is 1. The van der Waals surface area contributed by atoms with Gasteiger partial charge in [-0.05, 0) is 40.1 Å². The number of unbranched alkanes of at least 4 members (excludes halogenated alkanes) is 1. The van der Waals surface area contributed by atoms with Crippen molar-refractivity contribution in [3.63, 3.8) is 0 Å². The summed E-state index contributed by atoms with van der Waals surface area (Å²) < 4.78 is 7.58. The van der Waals surface area contributed by atoms with Crippen LogP contribution in [0.25, 0.3) is 0 Å². The smallest absolute Gasteiger partial charge is 0.243 e. The molecule has 1 heterocycles. The van der Waals surface area contributed by atoms with Gasteiger partial charge in [-0.1, -0.05) is 66.4 Å². The summed E-state index contributed by atoms with van der Waals surface area (Å²) in [6.45, 7) is 4.02. The van der Waals surface area contributed by atoms with Gasteiger partial charge in [0.2, 0.25) is 5.95 Å². The summed E-state index contributed by atoms with van der Waals surface area (Å²) in [6, 6.07) is 15.8. The fourth-order valence-corrected chi connectivity index (χ4v) is 2.74. The molecule has 0 aliphatic carbocycles. The lowest BCUT2D eigenvalue weighted by Crippen LogP contribution is -2.09. The molecule has 0 saturated carbocycles. The van der Waals surface area contributed by atoms with Gasteiger partial charge in [0.25, 0.3) is 0 Å². The molecule has 136 valence electrons. The zero-order chi connectivity index (χ0) is 18.2. The van der Waals surface area contributed by atoms with E-state index in [1.807, 2.05) is 48.5 Å². The average Bonchev–Trinajstić information content (AvgIpc) is 3.12. The minimum atomic E-state index is 0.490. The first-order valence-corrected chi connectivity index (χ1v) is 9.09. The maximum Gasteiger partial charge on any atom is 0.243 e. The maximum absolute atomic E-state index is 6.36. The second-order valence-electron chi connectivity index (χ2n) is 5.97. The van der Waals surface area contributed by atoms with Crippen LogP contribution in [0.3, 0.4) is 0 Å². The van der Waals surface area contributed by atoms with Gasteiger partial charge in [0.15, 0.2) is 0 Å². The van der Waals surface area contributed by atoms with Crippen molar-refractivity contribution in [2.75, 3.05) is 5.32 Å². The number of ether oxygens (including phenoxy) is 1. The maximum atomic E-state index is 6.36. The third kappa shape index (κ3) is 4.95. The van der Waals surface area contributed by atoms with E-state index in [-0.39, 0.29) is 0 Å². The molecule has 1 N–H and O–H groups in total. The van der Waals surface area contributed by atoms with Gasteiger partial charge in [-0.3, -0.25) is 0 Å². The van der Waals surface area contributed by atoms with Crippen LogP contribution in [-0.4, -0.2) is 20.2 Å². The van der Waals surface area contributed by atoms with E-state index >= 15 is 0 Å². The van der Waals surface area contributed by atoms with E-state index in [9.17, 15) is 0 Å². The second-order valence-corrected chi connectivity index (χ2v) is 6.38. The summed E-state index contributed by atoms with van der Waals surface area (Å²) in [5, 5.41) is 15.6. The molecule has 0 aliphatic rings. The second kappa shape index (κ2) is 9.20. The van der Waals surface area contributed by atoms with Crippen LogP contribution in [0.2, 0.25) is 5.02 Å². The van der Waals surface area contributed by atoms with E-state index in [2.05, 4.69) is 27.8 Å². The zero-order valence-corrected chi connectivity index (χ0v) is 15.5. The molecular formula is C19H22ClN5O. The van der Waals surface area contributed by atoms with Crippen molar-refractivity contribution < 1.29 is 4.74 Å². The quantitative estimate of drug-likeness (QED) is 0.606. The van der Waals surface area contributed by atoms with Crippen LogP contribution in [0, 0.1) is 0 Å². The van der Waals surface area contributed by atoms with Crippen molar-refractivity contribution in [2.45, 2.75) is 39.5 Å². The highest BCUT2D eigenvalue weighted by atomic mass is 35.5. The molecular weight excluding hydrogens is 350 g/mol. The van der Waals surface area contributed by atoms with Crippen molar-refractivity contribution in [1.82, 2.24) is 20.2 Å². The van der Waals surface area contributed by atoms with Gasteiger partial charge in [0, 0.05) is 13.1 Å². The summed E-state index contributed by atoms with van der Waals surface area (Å²) in [4.78, 5) is 0. The molecule has 0 saturated heterocycles. The SMILES string of the molecule is CCCCn1nnnc1NCc1ccc(OCc2ccccc2)c(Cl)c1. The highest BCUT2D eigenvalue weighted by Gasteiger charge is 2.07. The molecule has 0 bridgehead atoms. The molecule has 26 heavy (non-hydrogen) atoms. The Hall–Kier alpha value is -2.60. The highest BCUT2D eigenvalue weighted by Crippen LogP contribution is 2.26. The number of hydrogen-bond donors (Lipinski definition) is 1. The van der Waals surface area contributed by atoms with Crippen LogP contribution in [0.15, 0.2) is 48.5 Å². The van der Waals surface area contributed by atoms with Crippen LogP contribution in [0.4, 0.5) is 5.95 Å². The van der Waals surface area contributed by atoms with Crippen LogP contribution in [0.1, 0.15) is 30.9 Å². The Morgan fingerprint density at radius 1 is 1.12 bits per heavy atom. The number of aryl methyl sites for hydroxylation is 1. The normalized spacial score (nSPS) is 10.7. The Morgan fingerprint density at radius 2 is 1.96 bits per heavy atom. The molecule has 7 heteroatoms. The molecule has 0 spiro atoms. The van der Waals surface area contributed by atoms with E-state index in [1.54, 1.807) is 4.68 Å². The molecule has 0 amide bonds. The predicted molar refractivity (Wildman–Crippen MR) is 102 cm³/mol. The first kappa shape index (κ1) is 18.2. The number of benzene rings is 2. The number of rotatable bonds is 9. The van der Waals surface area contributed by atoms with Gasteiger partial charge in [-0.25, -0.2) is 4.68 Å². The van der Waals surface area contributed by atoms with E-state index < -0.39 is 0 Å². The third-order valence-corrected chi connectivity index (χ3v) is 4.23. The Labute approximate surface area is 158 Å². The third-order valence-electron chi connectivity index (χ3n) is 3.94. The number of aromatic nitrogens is 4. The largest absolute Gasteiger partial charge is 0.487 e. The molecule has 0 fully saturated rings. The first-order valence-electron chi connectivity index (χ1n) is 8.71. The van der Waals surface area contributed by atoms with E-state index in [4.69, 9.17) is 16.3 Å². The molecule has 1 aromatic heterocycles. The molecule has 3 aromatic rings. The minimum Gasteiger partial charge on any atom is -0.487 e.